The van der Waals surface area contributed by atoms with Gasteiger partial charge in [-0.3, -0.25) is 4.90 Å². The Hall–Kier alpha value is -0.450. The molecular weight excluding hydrogens is 319 g/mol. The highest BCUT2D eigenvalue weighted by Gasteiger charge is 2.25. The van der Waals surface area contributed by atoms with Crippen molar-refractivity contribution >= 4 is 15.9 Å². The van der Waals surface area contributed by atoms with Crippen molar-refractivity contribution in [2.75, 3.05) is 13.1 Å². The molecule has 2 unspecified atom stereocenters. The molecule has 1 heterocycles. The Bertz CT molecular complexity index is 450. The van der Waals surface area contributed by atoms with Crippen molar-refractivity contribution in [1.29, 1.82) is 0 Å². The van der Waals surface area contributed by atoms with E-state index < -0.39 is 0 Å². The first-order chi connectivity index (χ1) is 9.47. The molecule has 0 saturated carbocycles. The molecule has 2 atom stereocenters. The van der Waals surface area contributed by atoms with Crippen LogP contribution in [0.15, 0.2) is 22.7 Å². The number of nitrogens with zero attached hydrogens (tertiary/aromatic N) is 1. The Balaban J connectivity index is 2.12. The molecule has 0 bridgehead atoms. The number of hydrogen-bond acceptors (Lipinski definition) is 2. The molecule has 0 radical (unpaired) electrons. The average molecular weight is 343 g/mol. The molecule has 1 aliphatic heterocycles. The largest absolute Gasteiger partial charge is 0.312 e. The SMILES string of the molecule is CC(C)C1CN(Cc2ccc(Br)cc2F)C(C)CCN1. The van der Waals surface area contributed by atoms with Gasteiger partial charge in [-0.2, -0.15) is 0 Å². The average Bonchev–Trinajstić information content (AvgIpc) is 2.55. The molecular formula is C16H24BrFN2. The van der Waals surface area contributed by atoms with Crippen LogP contribution in [0.1, 0.15) is 32.8 Å². The third-order valence-electron chi connectivity index (χ3n) is 4.22. The number of rotatable bonds is 3. The van der Waals surface area contributed by atoms with Crippen LogP contribution in [0.4, 0.5) is 4.39 Å². The van der Waals surface area contributed by atoms with E-state index in [4.69, 9.17) is 0 Å². The van der Waals surface area contributed by atoms with E-state index in [1.807, 2.05) is 12.1 Å². The molecule has 1 aromatic rings. The molecule has 4 heteroatoms. The van der Waals surface area contributed by atoms with Crippen LogP contribution in [0.2, 0.25) is 0 Å². The van der Waals surface area contributed by atoms with E-state index >= 15 is 0 Å². The summed E-state index contributed by atoms with van der Waals surface area (Å²) in [6.07, 6.45) is 1.11. The van der Waals surface area contributed by atoms with Crippen LogP contribution in [0.3, 0.4) is 0 Å². The van der Waals surface area contributed by atoms with Crippen LogP contribution in [0.5, 0.6) is 0 Å². The lowest BCUT2D eigenvalue weighted by atomic mass is 10.0. The highest BCUT2D eigenvalue weighted by Crippen LogP contribution is 2.20. The minimum absolute atomic E-state index is 0.120. The molecule has 112 valence electrons. The van der Waals surface area contributed by atoms with Gasteiger partial charge in [-0.05, 0) is 37.9 Å². The second-order valence-corrected chi connectivity index (χ2v) is 7.02. The number of nitrogens with one attached hydrogen (secondary N) is 1. The van der Waals surface area contributed by atoms with E-state index in [9.17, 15) is 4.39 Å². The Morgan fingerprint density at radius 1 is 1.45 bits per heavy atom. The molecule has 1 fully saturated rings. The first-order valence-corrected chi connectivity index (χ1v) is 8.18. The molecule has 2 nitrogen and oxygen atoms in total. The molecule has 0 aliphatic carbocycles. The predicted molar refractivity (Wildman–Crippen MR) is 85.2 cm³/mol. The van der Waals surface area contributed by atoms with E-state index in [1.165, 1.54) is 0 Å². The Morgan fingerprint density at radius 3 is 2.85 bits per heavy atom. The van der Waals surface area contributed by atoms with Crippen LogP contribution >= 0.6 is 15.9 Å². The van der Waals surface area contributed by atoms with Crippen LogP contribution in [-0.2, 0) is 6.54 Å². The maximum absolute atomic E-state index is 14.0. The highest BCUT2D eigenvalue weighted by atomic mass is 79.9. The standard InChI is InChI=1S/C16H24BrFN2/c1-11(2)16-10-20(12(3)6-7-19-16)9-13-4-5-14(17)8-15(13)18/h4-5,8,11-12,16,19H,6-7,9-10H2,1-3H3. The predicted octanol–water partition coefficient (Wildman–Crippen LogP) is 3.80. The molecule has 0 aromatic heterocycles. The minimum Gasteiger partial charge on any atom is -0.312 e. The molecule has 0 spiro atoms. The van der Waals surface area contributed by atoms with E-state index in [0.29, 0.717) is 24.5 Å². The fourth-order valence-corrected chi connectivity index (χ4v) is 3.03. The van der Waals surface area contributed by atoms with Crippen LogP contribution < -0.4 is 5.32 Å². The van der Waals surface area contributed by atoms with E-state index in [-0.39, 0.29) is 5.82 Å². The smallest absolute Gasteiger partial charge is 0.128 e. The zero-order valence-corrected chi connectivity index (χ0v) is 14.1. The van der Waals surface area contributed by atoms with Crippen molar-refractivity contribution in [2.45, 2.75) is 45.8 Å². The summed E-state index contributed by atoms with van der Waals surface area (Å²) in [5.41, 5.74) is 0.782. The van der Waals surface area contributed by atoms with Gasteiger partial charge >= 0.3 is 0 Å². The summed E-state index contributed by atoms with van der Waals surface area (Å²) in [4.78, 5) is 2.40. The van der Waals surface area contributed by atoms with E-state index in [2.05, 4.69) is 46.9 Å². The lowest BCUT2D eigenvalue weighted by Crippen LogP contribution is -2.42. The van der Waals surface area contributed by atoms with Crippen molar-refractivity contribution in [2.24, 2.45) is 5.92 Å². The van der Waals surface area contributed by atoms with Crippen molar-refractivity contribution in [3.05, 3.63) is 34.1 Å². The van der Waals surface area contributed by atoms with E-state index in [1.54, 1.807) is 6.07 Å². The fraction of sp³-hybridized carbons (Fsp3) is 0.625. The van der Waals surface area contributed by atoms with Crippen molar-refractivity contribution < 1.29 is 4.39 Å². The second kappa shape index (κ2) is 7.01. The van der Waals surface area contributed by atoms with Crippen molar-refractivity contribution in [3.63, 3.8) is 0 Å². The normalized spacial score (nSPS) is 24.9. The number of benzene rings is 1. The first kappa shape index (κ1) is 15.9. The summed E-state index contributed by atoms with van der Waals surface area (Å²) < 4.78 is 14.8. The summed E-state index contributed by atoms with van der Waals surface area (Å²) in [6.45, 7) is 9.43. The Labute approximate surface area is 129 Å². The Kier molecular flexibility index (Phi) is 5.58. The van der Waals surface area contributed by atoms with Gasteiger partial charge in [-0.15, -0.1) is 0 Å². The summed E-state index contributed by atoms with van der Waals surface area (Å²) in [5.74, 6) is 0.474. The zero-order chi connectivity index (χ0) is 14.7. The third-order valence-corrected chi connectivity index (χ3v) is 4.71. The molecule has 0 amide bonds. The summed E-state index contributed by atoms with van der Waals surface area (Å²) in [5, 5.41) is 3.61. The molecule has 2 rings (SSSR count). The summed E-state index contributed by atoms with van der Waals surface area (Å²) in [6, 6.07) is 6.32. The molecule has 1 aliphatic rings. The fourth-order valence-electron chi connectivity index (χ4n) is 2.69. The maximum Gasteiger partial charge on any atom is 0.128 e. The second-order valence-electron chi connectivity index (χ2n) is 6.11. The molecule has 20 heavy (non-hydrogen) atoms. The third kappa shape index (κ3) is 4.03. The van der Waals surface area contributed by atoms with Crippen LogP contribution in [0.25, 0.3) is 0 Å². The monoisotopic (exact) mass is 342 g/mol. The van der Waals surface area contributed by atoms with Crippen molar-refractivity contribution in [3.8, 4) is 0 Å². The number of halogens is 2. The molecule has 1 aromatic carbocycles. The summed E-state index contributed by atoms with van der Waals surface area (Å²) in [7, 11) is 0. The van der Waals surface area contributed by atoms with Crippen molar-refractivity contribution in [1.82, 2.24) is 10.2 Å². The lowest BCUT2D eigenvalue weighted by molar-refractivity contribution is 0.182. The Morgan fingerprint density at radius 2 is 2.20 bits per heavy atom. The summed E-state index contributed by atoms with van der Waals surface area (Å²) >= 11 is 3.31. The van der Waals surface area contributed by atoms with Gasteiger partial charge in [-0.1, -0.05) is 35.8 Å². The van der Waals surface area contributed by atoms with Gasteiger partial charge < -0.3 is 5.32 Å². The maximum atomic E-state index is 14.0. The van der Waals surface area contributed by atoms with Gasteiger partial charge in [0.2, 0.25) is 0 Å². The van der Waals surface area contributed by atoms with Gasteiger partial charge in [0.15, 0.2) is 0 Å². The molecule has 1 N–H and O–H groups in total. The lowest BCUT2D eigenvalue weighted by Gasteiger charge is -2.30. The van der Waals surface area contributed by atoms with Crippen LogP contribution in [-0.4, -0.2) is 30.1 Å². The first-order valence-electron chi connectivity index (χ1n) is 7.38. The van der Waals surface area contributed by atoms with Gasteiger partial charge in [0.25, 0.3) is 0 Å². The van der Waals surface area contributed by atoms with Gasteiger partial charge in [0.1, 0.15) is 5.82 Å². The van der Waals surface area contributed by atoms with Gasteiger partial charge in [0, 0.05) is 35.2 Å². The topological polar surface area (TPSA) is 15.3 Å². The molecule has 1 saturated heterocycles. The van der Waals surface area contributed by atoms with Gasteiger partial charge in [0.05, 0.1) is 0 Å². The van der Waals surface area contributed by atoms with E-state index in [0.717, 1.165) is 29.5 Å². The van der Waals surface area contributed by atoms with Gasteiger partial charge in [-0.25, -0.2) is 4.39 Å². The number of hydrogen-bond donors (Lipinski definition) is 1. The highest BCUT2D eigenvalue weighted by molar-refractivity contribution is 9.10. The minimum atomic E-state index is -0.120. The quantitative estimate of drug-likeness (QED) is 0.898. The zero-order valence-electron chi connectivity index (χ0n) is 12.5. The van der Waals surface area contributed by atoms with Crippen LogP contribution in [0, 0.1) is 11.7 Å².